The number of nitrogens with one attached hydrogen (secondary N) is 2. The standard InChI is InChI=1S/C26H41N3O5/c1-18(2)22(24(31)32)28-23(30)19-10-9-13-21(16-19)34-15-14-29(17-26(3,4)5)25(33)27-20-11-7-6-8-12-20/h6-8,11-12,18-19,21-22H,9-10,13-17H2,1-5H3,(H,27,33)(H,28,30)(H,31,32)/t19?,21?,22-/m0/s1. The van der Waals surface area contributed by atoms with Gasteiger partial charge < -0.3 is 25.4 Å². The summed E-state index contributed by atoms with van der Waals surface area (Å²) in [5.41, 5.74) is 0.675. The van der Waals surface area contributed by atoms with E-state index in [4.69, 9.17) is 4.74 Å². The number of aliphatic carboxylic acids is 1. The monoisotopic (exact) mass is 475 g/mol. The Morgan fingerprint density at radius 2 is 1.82 bits per heavy atom. The second-order valence-electron chi connectivity index (χ2n) is 10.7. The molecule has 2 rings (SSSR count). The highest BCUT2D eigenvalue weighted by Crippen LogP contribution is 2.27. The van der Waals surface area contributed by atoms with Crippen molar-refractivity contribution in [1.29, 1.82) is 0 Å². The number of para-hydroxylation sites is 1. The average molecular weight is 476 g/mol. The first-order valence-electron chi connectivity index (χ1n) is 12.2. The van der Waals surface area contributed by atoms with Gasteiger partial charge in [0.05, 0.1) is 12.7 Å². The number of carbonyl (C=O) groups is 3. The van der Waals surface area contributed by atoms with E-state index in [1.54, 1.807) is 18.7 Å². The molecule has 1 aliphatic rings. The highest BCUT2D eigenvalue weighted by atomic mass is 16.5. The Bertz CT molecular complexity index is 806. The SMILES string of the molecule is CC(C)[C@H](NC(=O)C1CCCC(OCCN(CC(C)(C)C)C(=O)Nc2ccccc2)C1)C(=O)O. The van der Waals surface area contributed by atoms with Crippen molar-refractivity contribution in [2.45, 2.75) is 72.4 Å². The Balaban J connectivity index is 1.89. The molecular weight excluding hydrogens is 434 g/mol. The Morgan fingerprint density at radius 3 is 2.41 bits per heavy atom. The quantitative estimate of drug-likeness (QED) is 0.466. The molecular formula is C26H41N3O5. The Labute approximate surface area is 203 Å². The van der Waals surface area contributed by atoms with E-state index >= 15 is 0 Å². The van der Waals surface area contributed by atoms with E-state index in [2.05, 4.69) is 31.4 Å². The average Bonchev–Trinajstić information content (AvgIpc) is 2.76. The number of nitrogens with zero attached hydrogens (tertiary/aromatic N) is 1. The molecule has 1 fully saturated rings. The number of carboxylic acids is 1. The van der Waals surface area contributed by atoms with Crippen LogP contribution in [0.15, 0.2) is 30.3 Å². The molecule has 8 heteroatoms. The van der Waals surface area contributed by atoms with Gasteiger partial charge in [-0.2, -0.15) is 0 Å². The molecule has 3 amide bonds. The van der Waals surface area contributed by atoms with Crippen molar-refractivity contribution >= 4 is 23.6 Å². The lowest BCUT2D eigenvalue weighted by molar-refractivity contribution is -0.144. The highest BCUT2D eigenvalue weighted by molar-refractivity contribution is 5.89. The van der Waals surface area contributed by atoms with E-state index in [1.807, 2.05) is 30.3 Å². The molecule has 2 unspecified atom stereocenters. The first-order valence-corrected chi connectivity index (χ1v) is 12.2. The van der Waals surface area contributed by atoms with Crippen LogP contribution in [-0.4, -0.2) is 59.8 Å². The number of ether oxygens (including phenoxy) is 1. The third-order valence-electron chi connectivity index (χ3n) is 5.92. The predicted octanol–water partition coefficient (Wildman–Crippen LogP) is 4.37. The van der Waals surface area contributed by atoms with E-state index in [0.717, 1.165) is 24.9 Å². The summed E-state index contributed by atoms with van der Waals surface area (Å²) < 4.78 is 6.09. The zero-order chi connectivity index (χ0) is 25.3. The van der Waals surface area contributed by atoms with Crippen molar-refractivity contribution in [3.05, 3.63) is 30.3 Å². The molecule has 0 spiro atoms. The molecule has 0 radical (unpaired) electrons. The third kappa shape index (κ3) is 9.33. The Hall–Kier alpha value is -2.61. The summed E-state index contributed by atoms with van der Waals surface area (Å²) in [7, 11) is 0. The molecule has 190 valence electrons. The molecule has 34 heavy (non-hydrogen) atoms. The first-order chi connectivity index (χ1) is 16.0. The van der Waals surface area contributed by atoms with Gasteiger partial charge in [-0.25, -0.2) is 9.59 Å². The van der Waals surface area contributed by atoms with Crippen LogP contribution < -0.4 is 10.6 Å². The lowest BCUT2D eigenvalue weighted by Gasteiger charge is -2.32. The summed E-state index contributed by atoms with van der Waals surface area (Å²) in [4.78, 5) is 38.7. The van der Waals surface area contributed by atoms with Crippen LogP contribution in [0.1, 0.15) is 60.3 Å². The summed E-state index contributed by atoms with van der Waals surface area (Å²) in [6, 6.07) is 8.31. The number of carboxylic acid groups (broad SMARTS) is 1. The maximum atomic E-state index is 12.9. The van der Waals surface area contributed by atoms with Crippen molar-refractivity contribution in [1.82, 2.24) is 10.2 Å². The summed E-state index contributed by atoms with van der Waals surface area (Å²) >= 11 is 0. The minimum Gasteiger partial charge on any atom is -0.480 e. The number of benzene rings is 1. The maximum Gasteiger partial charge on any atom is 0.326 e. The van der Waals surface area contributed by atoms with Gasteiger partial charge in [0.2, 0.25) is 5.91 Å². The van der Waals surface area contributed by atoms with Gasteiger partial charge in [0, 0.05) is 24.7 Å². The molecule has 1 aliphatic carbocycles. The molecule has 1 aromatic rings. The molecule has 0 bridgehead atoms. The second kappa shape index (κ2) is 12.7. The van der Waals surface area contributed by atoms with Gasteiger partial charge in [0.15, 0.2) is 0 Å². The Kier molecular flexibility index (Phi) is 10.4. The fraction of sp³-hybridized carbons (Fsp3) is 0.654. The minimum atomic E-state index is -1.01. The molecule has 8 nitrogen and oxygen atoms in total. The zero-order valence-electron chi connectivity index (χ0n) is 21.2. The molecule has 1 aromatic carbocycles. The molecule has 3 N–H and O–H groups in total. The smallest absolute Gasteiger partial charge is 0.326 e. The zero-order valence-corrected chi connectivity index (χ0v) is 21.2. The molecule has 1 saturated carbocycles. The lowest BCUT2D eigenvalue weighted by atomic mass is 9.86. The van der Waals surface area contributed by atoms with Crippen molar-refractivity contribution in [3.63, 3.8) is 0 Å². The van der Waals surface area contributed by atoms with E-state index in [9.17, 15) is 19.5 Å². The van der Waals surface area contributed by atoms with Crippen molar-refractivity contribution in [2.24, 2.45) is 17.3 Å². The number of hydrogen-bond donors (Lipinski definition) is 3. The van der Waals surface area contributed by atoms with Crippen molar-refractivity contribution < 1.29 is 24.2 Å². The number of rotatable bonds is 10. The second-order valence-corrected chi connectivity index (χ2v) is 10.7. The summed E-state index contributed by atoms with van der Waals surface area (Å²) in [5, 5.41) is 15.0. The normalized spacial score (nSPS) is 19.4. The molecule has 0 aliphatic heterocycles. The van der Waals surface area contributed by atoms with Crippen LogP contribution in [0.3, 0.4) is 0 Å². The van der Waals surface area contributed by atoms with E-state index in [0.29, 0.717) is 26.1 Å². The van der Waals surface area contributed by atoms with E-state index < -0.39 is 12.0 Å². The molecule has 3 atom stereocenters. The highest BCUT2D eigenvalue weighted by Gasteiger charge is 2.32. The summed E-state index contributed by atoms with van der Waals surface area (Å²) in [6.45, 7) is 11.2. The molecule has 0 saturated heterocycles. The third-order valence-corrected chi connectivity index (χ3v) is 5.92. The van der Waals surface area contributed by atoms with Gasteiger partial charge >= 0.3 is 12.0 Å². The first kappa shape index (κ1) is 27.6. The van der Waals surface area contributed by atoms with Gasteiger partial charge in [0.1, 0.15) is 6.04 Å². The van der Waals surface area contributed by atoms with Gasteiger partial charge in [0.25, 0.3) is 0 Å². The van der Waals surface area contributed by atoms with Gasteiger partial charge in [-0.3, -0.25) is 4.79 Å². The van der Waals surface area contributed by atoms with Crippen LogP contribution >= 0.6 is 0 Å². The van der Waals surface area contributed by atoms with Gasteiger partial charge in [-0.1, -0.05) is 59.2 Å². The van der Waals surface area contributed by atoms with Gasteiger partial charge in [-0.15, -0.1) is 0 Å². The van der Waals surface area contributed by atoms with Crippen LogP contribution in [0.4, 0.5) is 10.5 Å². The largest absolute Gasteiger partial charge is 0.480 e. The van der Waals surface area contributed by atoms with Crippen molar-refractivity contribution in [3.8, 4) is 0 Å². The van der Waals surface area contributed by atoms with Crippen LogP contribution in [0, 0.1) is 17.3 Å². The minimum absolute atomic E-state index is 0.0703. The maximum absolute atomic E-state index is 12.9. The fourth-order valence-electron chi connectivity index (χ4n) is 4.20. The van der Waals surface area contributed by atoms with E-state index in [1.165, 1.54) is 0 Å². The molecule has 0 heterocycles. The van der Waals surface area contributed by atoms with Crippen LogP contribution in [0.5, 0.6) is 0 Å². The number of urea groups is 1. The van der Waals surface area contributed by atoms with Crippen LogP contribution in [-0.2, 0) is 14.3 Å². The number of carbonyl (C=O) groups excluding carboxylic acids is 2. The van der Waals surface area contributed by atoms with Crippen LogP contribution in [0.25, 0.3) is 0 Å². The number of amides is 3. The molecule has 0 aromatic heterocycles. The van der Waals surface area contributed by atoms with E-state index in [-0.39, 0.29) is 35.3 Å². The topological polar surface area (TPSA) is 108 Å². The Morgan fingerprint density at radius 1 is 1.15 bits per heavy atom. The lowest BCUT2D eigenvalue weighted by Crippen LogP contribution is -2.47. The summed E-state index contributed by atoms with van der Waals surface area (Å²) in [6.07, 6.45) is 2.91. The fourth-order valence-corrected chi connectivity index (χ4v) is 4.20. The number of anilines is 1. The number of hydrogen-bond acceptors (Lipinski definition) is 4. The van der Waals surface area contributed by atoms with Gasteiger partial charge in [-0.05, 0) is 42.7 Å². The predicted molar refractivity (Wildman–Crippen MR) is 133 cm³/mol. The summed E-state index contributed by atoms with van der Waals surface area (Å²) in [5.74, 6) is -1.68. The van der Waals surface area contributed by atoms with Crippen molar-refractivity contribution in [2.75, 3.05) is 25.0 Å². The van der Waals surface area contributed by atoms with Crippen LogP contribution in [0.2, 0.25) is 0 Å².